The Balaban J connectivity index is 2.25. The number of pyridine rings is 1. The Bertz CT molecular complexity index is 438. The van der Waals surface area contributed by atoms with E-state index in [0.29, 0.717) is 11.0 Å². The molecule has 0 saturated carbocycles. The average molecular weight is 224 g/mol. The smallest absolute Gasteiger partial charge is 0.259 e. The first-order valence-electron chi connectivity index (χ1n) is 4.74. The zero-order valence-electron chi connectivity index (χ0n) is 8.27. The lowest BCUT2D eigenvalue weighted by Crippen LogP contribution is -1.85. The van der Waals surface area contributed by atoms with E-state index in [1.807, 2.05) is 0 Å². The zero-order chi connectivity index (χ0) is 10.7. The standard InChI is InChI=1S/C10H10ClN3O/c1-2-3-9-13-10(15-14-9)7-4-5-8(11)12-6-7/h4-6H,2-3H2,1H3. The summed E-state index contributed by atoms with van der Waals surface area (Å²) >= 11 is 5.68. The molecule has 78 valence electrons. The fourth-order valence-corrected chi connectivity index (χ4v) is 1.31. The minimum absolute atomic E-state index is 0.451. The van der Waals surface area contributed by atoms with E-state index < -0.39 is 0 Å². The Kier molecular flexibility index (Phi) is 2.97. The normalized spacial score (nSPS) is 10.5. The Morgan fingerprint density at radius 3 is 2.93 bits per heavy atom. The van der Waals surface area contributed by atoms with Gasteiger partial charge in [-0.1, -0.05) is 23.7 Å². The van der Waals surface area contributed by atoms with Crippen molar-refractivity contribution in [2.75, 3.05) is 0 Å². The quantitative estimate of drug-likeness (QED) is 0.751. The van der Waals surface area contributed by atoms with Crippen LogP contribution in [0.2, 0.25) is 5.15 Å². The van der Waals surface area contributed by atoms with Crippen LogP contribution in [-0.2, 0) is 6.42 Å². The molecule has 2 rings (SSSR count). The number of nitrogens with zero attached hydrogens (tertiary/aromatic N) is 3. The molecule has 2 aromatic heterocycles. The highest BCUT2D eigenvalue weighted by Crippen LogP contribution is 2.17. The predicted molar refractivity (Wildman–Crippen MR) is 56.5 cm³/mol. The van der Waals surface area contributed by atoms with Crippen LogP contribution >= 0.6 is 11.6 Å². The molecule has 0 aromatic carbocycles. The van der Waals surface area contributed by atoms with Gasteiger partial charge in [0.05, 0.1) is 5.56 Å². The summed E-state index contributed by atoms with van der Waals surface area (Å²) in [6.07, 6.45) is 3.44. The van der Waals surface area contributed by atoms with Crippen LogP contribution in [0.1, 0.15) is 19.2 Å². The van der Waals surface area contributed by atoms with Gasteiger partial charge in [0.25, 0.3) is 5.89 Å². The SMILES string of the molecule is CCCc1noc(-c2ccc(Cl)nc2)n1. The van der Waals surface area contributed by atoms with Gasteiger partial charge < -0.3 is 4.52 Å². The molecule has 0 aliphatic carbocycles. The highest BCUT2D eigenvalue weighted by molar-refractivity contribution is 6.29. The lowest BCUT2D eigenvalue weighted by atomic mass is 10.3. The molecule has 5 heteroatoms. The maximum absolute atomic E-state index is 5.68. The largest absolute Gasteiger partial charge is 0.334 e. The van der Waals surface area contributed by atoms with E-state index in [-0.39, 0.29) is 0 Å². The summed E-state index contributed by atoms with van der Waals surface area (Å²) in [5.41, 5.74) is 0.786. The van der Waals surface area contributed by atoms with Crippen molar-refractivity contribution >= 4 is 11.6 Å². The van der Waals surface area contributed by atoms with Gasteiger partial charge in [0.2, 0.25) is 0 Å². The number of hydrogen-bond acceptors (Lipinski definition) is 4. The molecular weight excluding hydrogens is 214 g/mol. The van der Waals surface area contributed by atoms with Crippen LogP contribution in [-0.4, -0.2) is 15.1 Å². The number of halogens is 1. The third kappa shape index (κ3) is 2.33. The Morgan fingerprint density at radius 2 is 2.27 bits per heavy atom. The summed E-state index contributed by atoms with van der Waals surface area (Å²) in [7, 11) is 0. The minimum Gasteiger partial charge on any atom is -0.334 e. The second-order valence-corrected chi connectivity index (χ2v) is 3.52. The van der Waals surface area contributed by atoms with Crippen LogP contribution in [0.4, 0.5) is 0 Å². The number of aryl methyl sites for hydroxylation is 1. The molecule has 0 aliphatic rings. The molecule has 4 nitrogen and oxygen atoms in total. The van der Waals surface area contributed by atoms with Gasteiger partial charge in [-0.3, -0.25) is 0 Å². The second-order valence-electron chi connectivity index (χ2n) is 3.14. The molecule has 2 heterocycles. The first-order chi connectivity index (χ1) is 7.29. The van der Waals surface area contributed by atoms with E-state index in [2.05, 4.69) is 22.0 Å². The Hall–Kier alpha value is -1.42. The first kappa shape index (κ1) is 10.1. The fourth-order valence-electron chi connectivity index (χ4n) is 1.20. The third-order valence-corrected chi connectivity index (χ3v) is 2.14. The van der Waals surface area contributed by atoms with Gasteiger partial charge in [-0.15, -0.1) is 0 Å². The highest BCUT2D eigenvalue weighted by Gasteiger charge is 2.07. The van der Waals surface area contributed by atoms with E-state index in [1.165, 1.54) is 0 Å². The molecule has 0 fully saturated rings. The van der Waals surface area contributed by atoms with Gasteiger partial charge in [0, 0.05) is 12.6 Å². The number of rotatable bonds is 3. The van der Waals surface area contributed by atoms with Gasteiger partial charge in [-0.2, -0.15) is 4.98 Å². The second kappa shape index (κ2) is 4.40. The van der Waals surface area contributed by atoms with E-state index in [0.717, 1.165) is 24.2 Å². The minimum atomic E-state index is 0.451. The van der Waals surface area contributed by atoms with Gasteiger partial charge in [-0.05, 0) is 18.6 Å². The Labute approximate surface area is 92.3 Å². The van der Waals surface area contributed by atoms with Crippen LogP contribution in [0.3, 0.4) is 0 Å². The van der Waals surface area contributed by atoms with Crippen LogP contribution in [0.5, 0.6) is 0 Å². The highest BCUT2D eigenvalue weighted by atomic mass is 35.5. The van der Waals surface area contributed by atoms with Crippen molar-refractivity contribution in [2.24, 2.45) is 0 Å². The summed E-state index contributed by atoms with van der Waals surface area (Å²) in [6.45, 7) is 2.07. The average Bonchev–Trinajstić information content (AvgIpc) is 2.68. The van der Waals surface area contributed by atoms with Crippen LogP contribution in [0.15, 0.2) is 22.9 Å². The maximum atomic E-state index is 5.68. The van der Waals surface area contributed by atoms with Gasteiger partial charge in [0.1, 0.15) is 5.15 Å². The van der Waals surface area contributed by atoms with Crippen molar-refractivity contribution < 1.29 is 4.52 Å². The molecule has 0 unspecified atom stereocenters. The third-order valence-electron chi connectivity index (χ3n) is 1.92. The van der Waals surface area contributed by atoms with Crippen molar-refractivity contribution in [2.45, 2.75) is 19.8 Å². The molecule has 0 atom stereocenters. The molecule has 0 N–H and O–H groups in total. The molecular formula is C10H10ClN3O. The monoisotopic (exact) mass is 223 g/mol. The summed E-state index contributed by atoms with van der Waals surface area (Å²) in [5.74, 6) is 1.21. The number of hydrogen-bond donors (Lipinski definition) is 0. The molecule has 0 bridgehead atoms. The summed E-state index contributed by atoms with van der Waals surface area (Å²) in [5, 5.41) is 4.31. The van der Waals surface area contributed by atoms with E-state index >= 15 is 0 Å². The lowest BCUT2D eigenvalue weighted by molar-refractivity contribution is 0.422. The lowest BCUT2D eigenvalue weighted by Gasteiger charge is -1.92. The van der Waals surface area contributed by atoms with Crippen LogP contribution in [0, 0.1) is 0 Å². The summed E-state index contributed by atoms with van der Waals surface area (Å²) in [4.78, 5) is 8.19. The van der Waals surface area contributed by atoms with Crippen molar-refractivity contribution in [3.05, 3.63) is 29.3 Å². The first-order valence-corrected chi connectivity index (χ1v) is 5.12. The molecule has 0 aliphatic heterocycles. The molecule has 2 aromatic rings. The molecule has 0 radical (unpaired) electrons. The van der Waals surface area contributed by atoms with Crippen molar-refractivity contribution in [3.63, 3.8) is 0 Å². The van der Waals surface area contributed by atoms with Gasteiger partial charge in [0.15, 0.2) is 5.82 Å². The fraction of sp³-hybridized carbons (Fsp3) is 0.300. The molecule has 0 spiro atoms. The van der Waals surface area contributed by atoms with E-state index in [4.69, 9.17) is 16.1 Å². The van der Waals surface area contributed by atoms with Crippen molar-refractivity contribution in [1.29, 1.82) is 0 Å². The molecule has 0 saturated heterocycles. The van der Waals surface area contributed by atoms with E-state index in [1.54, 1.807) is 18.3 Å². The van der Waals surface area contributed by atoms with Crippen LogP contribution < -0.4 is 0 Å². The van der Waals surface area contributed by atoms with Gasteiger partial charge in [-0.25, -0.2) is 4.98 Å². The summed E-state index contributed by atoms with van der Waals surface area (Å²) in [6, 6.07) is 3.50. The number of aromatic nitrogens is 3. The molecule has 15 heavy (non-hydrogen) atoms. The van der Waals surface area contributed by atoms with Gasteiger partial charge >= 0.3 is 0 Å². The Morgan fingerprint density at radius 1 is 1.40 bits per heavy atom. The topological polar surface area (TPSA) is 51.8 Å². The van der Waals surface area contributed by atoms with Crippen molar-refractivity contribution in [3.8, 4) is 11.5 Å². The van der Waals surface area contributed by atoms with E-state index in [9.17, 15) is 0 Å². The maximum Gasteiger partial charge on any atom is 0.259 e. The molecule has 0 amide bonds. The summed E-state index contributed by atoms with van der Waals surface area (Å²) < 4.78 is 5.10. The van der Waals surface area contributed by atoms with Crippen molar-refractivity contribution in [1.82, 2.24) is 15.1 Å². The predicted octanol–water partition coefficient (Wildman–Crippen LogP) is 2.74. The zero-order valence-corrected chi connectivity index (χ0v) is 9.03. The van der Waals surface area contributed by atoms with Crippen LogP contribution in [0.25, 0.3) is 11.5 Å².